The Morgan fingerprint density at radius 2 is 1.90 bits per heavy atom. The number of ether oxygens (including phenoxy) is 2. The number of aromatic nitrogens is 1. The van der Waals surface area contributed by atoms with Crippen LogP contribution in [0.15, 0.2) is 39.4 Å². The molecule has 0 aliphatic carbocycles. The second-order valence-electron chi connectivity index (χ2n) is 4.27. The summed E-state index contributed by atoms with van der Waals surface area (Å²) < 4.78 is 12.8. The van der Waals surface area contributed by atoms with Gasteiger partial charge in [0.1, 0.15) is 11.5 Å². The van der Waals surface area contributed by atoms with Gasteiger partial charge in [0.2, 0.25) is 5.88 Å². The highest BCUT2D eigenvalue weighted by atomic mass is 79.9. The van der Waals surface area contributed by atoms with Crippen LogP contribution in [0.1, 0.15) is 12.5 Å². The molecule has 2 rings (SSSR count). The lowest BCUT2D eigenvalue weighted by atomic mass is 10.2. The number of halogens is 2. The lowest BCUT2D eigenvalue weighted by molar-refractivity contribution is 0.408. The van der Waals surface area contributed by atoms with Crippen LogP contribution in [0.4, 0.5) is 0 Å². The lowest BCUT2D eigenvalue weighted by Crippen LogP contribution is -2.12. The zero-order valence-electron chi connectivity index (χ0n) is 11.8. The topological polar surface area (TPSA) is 43.4 Å². The minimum absolute atomic E-state index is 0.594. The van der Waals surface area contributed by atoms with Crippen molar-refractivity contribution in [3.63, 3.8) is 0 Å². The lowest BCUT2D eigenvalue weighted by Gasteiger charge is -2.13. The van der Waals surface area contributed by atoms with E-state index < -0.39 is 0 Å². The van der Waals surface area contributed by atoms with E-state index in [1.54, 1.807) is 13.3 Å². The Bertz CT molecular complexity index is 621. The maximum Gasteiger partial charge on any atom is 0.223 e. The number of hydrogen-bond donors (Lipinski definition) is 1. The van der Waals surface area contributed by atoms with Gasteiger partial charge in [-0.15, -0.1) is 0 Å². The van der Waals surface area contributed by atoms with Crippen molar-refractivity contribution in [2.45, 2.75) is 13.5 Å². The van der Waals surface area contributed by atoms with E-state index in [0.29, 0.717) is 18.2 Å². The van der Waals surface area contributed by atoms with Crippen molar-refractivity contribution >= 4 is 31.9 Å². The van der Waals surface area contributed by atoms with E-state index in [9.17, 15) is 0 Å². The summed E-state index contributed by atoms with van der Waals surface area (Å²) in [6, 6.07) is 7.61. The van der Waals surface area contributed by atoms with Crippen molar-refractivity contribution in [2.75, 3.05) is 13.7 Å². The SMILES string of the molecule is CCNCc1cccnc1Oc1cc(Br)c(OC)cc1Br. The quantitative estimate of drug-likeness (QED) is 0.753. The number of benzene rings is 1. The van der Waals surface area contributed by atoms with Gasteiger partial charge >= 0.3 is 0 Å². The van der Waals surface area contributed by atoms with Gasteiger partial charge in [-0.2, -0.15) is 0 Å². The van der Waals surface area contributed by atoms with Crippen molar-refractivity contribution < 1.29 is 9.47 Å². The van der Waals surface area contributed by atoms with Gasteiger partial charge in [0.15, 0.2) is 0 Å². The second-order valence-corrected chi connectivity index (χ2v) is 5.98. The molecule has 0 aliphatic rings. The number of pyridine rings is 1. The van der Waals surface area contributed by atoms with E-state index in [-0.39, 0.29) is 0 Å². The summed E-state index contributed by atoms with van der Waals surface area (Å²) >= 11 is 6.94. The van der Waals surface area contributed by atoms with E-state index in [4.69, 9.17) is 9.47 Å². The van der Waals surface area contributed by atoms with Gasteiger partial charge < -0.3 is 14.8 Å². The maximum absolute atomic E-state index is 5.93. The summed E-state index contributed by atoms with van der Waals surface area (Å²) in [4.78, 5) is 4.31. The van der Waals surface area contributed by atoms with Crippen molar-refractivity contribution in [1.29, 1.82) is 0 Å². The van der Waals surface area contributed by atoms with Gasteiger partial charge in [0.25, 0.3) is 0 Å². The molecule has 112 valence electrons. The van der Waals surface area contributed by atoms with Gasteiger partial charge in [0.05, 0.1) is 16.1 Å². The standard InChI is InChI=1S/C15H16Br2N2O2/c1-3-18-9-10-5-4-6-19-15(10)21-14-8-11(16)13(20-2)7-12(14)17/h4-8,18H,3,9H2,1-2H3. The summed E-state index contributed by atoms with van der Waals surface area (Å²) in [5.74, 6) is 2.01. The molecular weight excluding hydrogens is 400 g/mol. The fourth-order valence-corrected chi connectivity index (χ4v) is 2.65. The van der Waals surface area contributed by atoms with E-state index in [0.717, 1.165) is 26.8 Å². The van der Waals surface area contributed by atoms with Gasteiger partial charge in [-0.05, 0) is 56.6 Å². The molecule has 0 saturated carbocycles. The third-order valence-corrected chi connectivity index (χ3v) is 4.07. The highest BCUT2D eigenvalue weighted by Crippen LogP contribution is 2.38. The van der Waals surface area contributed by atoms with Crippen LogP contribution in [-0.2, 0) is 6.54 Å². The van der Waals surface area contributed by atoms with Crippen molar-refractivity contribution in [3.8, 4) is 17.4 Å². The molecule has 0 amide bonds. The smallest absolute Gasteiger partial charge is 0.223 e. The van der Waals surface area contributed by atoms with E-state index >= 15 is 0 Å². The Morgan fingerprint density at radius 3 is 2.62 bits per heavy atom. The minimum Gasteiger partial charge on any atom is -0.496 e. The number of methoxy groups -OCH3 is 1. The van der Waals surface area contributed by atoms with Crippen LogP contribution in [0, 0.1) is 0 Å². The minimum atomic E-state index is 0.594. The number of nitrogens with one attached hydrogen (secondary N) is 1. The van der Waals surface area contributed by atoms with Crippen LogP contribution in [0.2, 0.25) is 0 Å². The molecule has 0 bridgehead atoms. The predicted octanol–water partition coefficient (Wildman–Crippen LogP) is 4.52. The van der Waals surface area contributed by atoms with Gasteiger partial charge in [-0.3, -0.25) is 0 Å². The average molecular weight is 416 g/mol. The molecule has 0 fully saturated rings. The fourth-order valence-electron chi connectivity index (χ4n) is 1.76. The third kappa shape index (κ3) is 4.18. The molecule has 1 aromatic carbocycles. The molecule has 2 aromatic rings. The third-order valence-electron chi connectivity index (χ3n) is 2.83. The molecule has 1 N–H and O–H groups in total. The summed E-state index contributed by atoms with van der Waals surface area (Å²) in [5, 5.41) is 3.27. The Hall–Kier alpha value is -1.11. The number of rotatable bonds is 6. The fraction of sp³-hybridized carbons (Fsp3) is 0.267. The van der Waals surface area contributed by atoms with Gasteiger partial charge in [0, 0.05) is 18.3 Å². The summed E-state index contributed by atoms with van der Waals surface area (Å²) in [5.41, 5.74) is 1.01. The molecule has 0 saturated heterocycles. The van der Waals surface area contributed by atoms with Crippen LogP contribution in [0.5, 0.6) is 17.4 Å². The summed E-state index contributed by atoms with van der Waals surface area (Å²) in [6.07, 6.45) is 1.72. The molecule has 0 spiro atoms. The van der Waals surface area contributed by atoms with Crippen molar-refractivity contribution in [2.24, 2.45) is 0 Å². The van der Waals surface area contributed by atoms with Crippen LogP contribution in [0.25, 0.3) is 0 Å². The molecule has 0 aliphatic heterocycles. The number of hydrogen-bond acceptors (Lipinski definition) is 4. The van der Waals surface area contributed by atoms with Crippen LogP contribution in [0.3, 0.4) is 0 Å². The maximum atomic E-state index is 5.93. The molecular formula is C15H16Br2N2O2. The first-order chi connectivity index (χ1) is 10.2. The van der Waals surface area contributed by atoms with E-state index in [2.05, 4.69) is 49.1 Å². The highest BCUT2D eigenvalue weighted by molar-refractivity contribution is 9.11. The Kier molecular flexibility index (Phi) is 6.02. The molecule has 1 heterocycles. The molecule has 4 nitrogen and oxygen atoms in total. The largest absolute Gasteiger partial charge is 0.496 e. The van der Waals surface area contributed by atoms with Gasteiger partial charge in [-0.1, -0.05) is 13.0 Å². The van der Waals surface area contributed by atoms with E-state index in [1.165, 1.54) is 0 Å². The molecule has 21 heavy (non-hydrogen) atoms. The molecule has 1 aromatic heterocycles. The van der Waals surface area contributed by atoms with Crippen LogP contribution >= 0.6 is 31.9 Å². The Labute approximate surface area is 141 Å². The highest BCUT2D eigenvalue weighted by Gasteiger charge is 2.12. The Morgan fingerprint density at radius 1 is 1.19 bits per heavy atom. The van der Waals surface area contributed by atoms with Gasteiger partial charge in [-0.25, -0.2) is 4.98 Å². The van der Waals surface area contributed by atoms with Crippen molar-refractivity contribution in [1.82, 2.24) is 10.3 Å². The van der Waals surface area contributed by atoms with E-state index in [1.807, 2.05) is 24.3 Å². The van der Waals surface area contributed by atoms with Crippen LogP contribution in [-0.4, -0.2) is 18.6 Å². The average Bonchev–Trinajstić information content (AvgIpc) is 2.49. The molecule has 0 radical (unpaired) electrons. The molecule has 0 unspecified atom stereocenters. The number of nitrogens with zero attached hydrogens (tertiary/aromatic N) is 1. The summed E-state index contributed by atoms with van der Waals surface area (Å²) in [6.45, 7) is 3.68. The second kappa shape index (κ2) is 7.77. The zero-order chi connectivity index (χ0) is 15.2. The molecule has 6 heteroatoms. The first-order valence-corrected chi connectivity index (χ1v) is 8.09. The Balaban J connectivity index is 2.28. The molecule has 0 atom stereocenters. The van der Waals surface area contributed by atoms with Crippen molar-refractivity contribution in [3.05, 3.63) is 45.0 Å². The van der Waals surface area contributed by atoms with Crippen LogP contribution < -0.4 is 14.8 Å². The summed E-state index contributed by atoms with van der Waals surface area (Å²) in [7, 11) is 1.63. The first kappa shape index (κ1) is 16.3. The normalized spacial score (nSPS) is 10.5. The monoisotopic (exact) mass is 414 g/mol. The predicted molar refractivity (Wildman–Crippen MR) is 90.1 cm³/mol. The zero-order valence-corrected chi connectivity index (χ0v) is 15.0. The first-order valence-electron chi connectivity index (χ1n) is 6.51.